The number of rotatable bonds is 2. The average Bonchev–Trinajstić information content (AvgIpc) is 2.38. The van der Waals surface area contributed by atoms with Crippen molar-refractivity contribution in [1.29, 1.82) is 0 Å². The lowest BCUT2D eigenvalue weighted by Crippen LogP contribution is -2.05. The van der Waals surface area contributed by atoms with E-state index >= 15 is 0 Å². The van der Waals surface area contributed by atoms with Crippen molar-refractivity contribution in [3.63, 3.8) is 0 Å². The van der Waals surface area contributed by atoms with Gasteiger partial charge in [-0.15, -0.1) is 0 Å². The molecule has 0 radical (unpaired) electrons. The highest BCUT2D eigenvalue weighted by molar-refractivity contribution is 9.08. The molecule has 0 unspecified atom stereocenters. The van der Waals surface area contributed by atoms with Gasteiger partial charge in [-0.2, -0.15) is 13.2 Å². The van der Waals surface area contributed by atoms with E-state index in [1.54, 1.807) is 12.1 Å². The van der Waals surface area contributed by atoms with Crippen LogP contribution in [-0.4, -0.2) is 4.98 Å². The average molecular weight is 316 g/mol. The summed E-state index contributed by atoms with van der Waals surface area (Å²) in [6, 6.07) is 9.26. The molecule has 0 bridgehead atoms. The molecule has 2 aromatic rings. The predicted molar refractivity (Wildman–Crippen MR) is 67.3 cm³/mol. The van der Waals surface area contributed by atoms with Crippen molar-refractivity contribution in [2.45, 2.75) is 11.5 Å². The van der Waals surface area contributed by atoms with Crippen LogP contribution in [0.4, 0.5) is 13.2 Å². The molecule has 1 nitrogen and oxygen atoms in total. The van der Waals surface area contributed by atoms with Crippen molar-refractivity contribution in [3.05, 3.63) is 53.7 Å². The maximum absolute atomic E-state index is 12.6. The molecule has 94 valence electrons. The number of benzene rings is 1. The smallest absolute Gasteiger partial charge is 0.256 e. The van der Waals surface area contributed by atoms with Crippen LogP contribution >= 0.6 is 15.9 Å². The molecule has 0 aliphatic rings. The van der Waals surface area contributed by atoms with Gasteiger partial charge in [-0.1, -0.05) is 40.2 Å². The molecule has 0 N–H and O–H groups in total. The van der Waals surface area contributed by atoms with Crippen LogP contribution in [0.1, 0.15) is 11.1 Å². The van der Waals surface area contributed by atoms with E-state index < -0.39 is 11.7 Å². The Morgan fingerprint density at radius 3 is 2.28 bits per heavy atom. The van der Waals surface area contributed by atoms with Gasteiger partial charge in [0.2, 0.25) is 0 Å². The molecule has 0 atom stereocenters. The first kappa shape index (κ1) is 13.1. The lowest BCUT2D eigenvalue weighted by atomic mass is 10.1. The Hall–Kier alpha value is -1.36. The summed E-state index contributed by atoms with van der Waals surface area (Å²) in [5, 5.41) is 0.712. The van der Waals surface area contributed by atoms with E-state index in [9.17, 15) is 13.2 Å². The van der Waals surface area contributed by atoms with E-state index in [1.165, 1.54) is 6.20 Å². The van der Waals surface area contributed by atoms with Gasteiger partial charge in [0.1, 0.15) is 0 Å². The maximum atomic E-state index is 12.6. The molecule has 0 aliphatic carbocycles. The fourth-order valence-electron chi connectivity index (χ4n) is 1.53. The Morgan fingerprint density at radius 1 is 1.06 bits per heavy atom. The largest absolute Gasteiger partial charge is 0.416 e. The summed E-state index contributed by atoms with van der Waals surface area (Å²) in [5.41, 5.74) is 1.37. The van der Waals surface area contributed by atoms with Crippen molar-refractivity contribution in [1.82, 2.24) is 4.98 Å². The Balaban J connectivity index is 2.38. The Morgan fingerprint density at radius 2 is 1.72 bits per heavy atom. The highest BCUT2D eigenvalue weighted by Gasteiger charge is 2.30. The number of aromatic nitrogens is 1. The second kappa shape index (κ2) is 5.10. The van der Waals surface area contributed by atoms with Crippen LogP contribution in [-0.2, 0) is 11.5 Å². The van der Waals surface area contributed by atoms with Crippen LogP contribution in [0, 0.1) is 0 Å². The molecule has 1 heterocycles. The standard InChI is InChI=1S/C13H9BrF3N/c14-8-9-1-3-10(4-2-9)12-7-11(5-6-18-12)13(15,16)17/h1-7H,8H2. The van der Waals surface area contributed by atoms with Gasteiger partial charge in [0.25, 0.3) is 0 Å². The number of halogens is 4. The topological polar surface area (TPSA) is 12.9 Å². The first-order valence-electron chi connectivity index (χ1n) is 5.19. The fourth-order valence-corrected chi connectivity index (χ4v) is 1.90. The van der Waals surface area contributed by atoms with Crippen molar-refractivity contribution >= 4 is 15.9 Å². The third-order valence-electron chi connectivity index (χ3n) is 2.49. The minimum absolute atomic E-state index is 0.325. The van der Waals surface area contributed by atoms with Gasteiger partial charge in [0.15, 0.2) is 0 Å². The first-order valence-corrected chi connectivity index (χ1v) is 6.31. The molecule has 0 amide bonds. The molecule has 0 saturated carbocycles. The summed E-state index contributed by atoms with van der Waals surface area (Å²) >= 11 is 3.31. The van der Waals surface area contributed by atoms with Gasteiger partial charge in [0, 0.05) is 17.1 Å². The Labute approximate surface area is 111 Å². The van der Waals surface area contributed by atoms with Crippen molar-refractivity contribution < 1.29 is 13.2 Å². The van der Waals surface area contributed by atoms with Gasteiger partial charge < -0.3 is 0 Å². The summed E-state index contributed by atoms with van der Waals surface area (Å²) in [6.07, 6.45) is -3.16. The molecule has 0 spiro atoms. The van der Waals surface area contributed by atoms with E-state index in [0.29, 0.717) is 16.6 Å². The van der Waals surface area contributed by atoms with Crippen molar-refractivity contribution in [3.8, 4) is 11.3 Å². The van der Waals surface area contributed by atoms with Gasteiger partial charge in [-0.3, -0.25) is 4.98 Å². The third-order valence-corrected chi connectivity index (χ3v) is 3.14. The number of nitrogens with zero attached hydrogens (tertiary/aromatic N) is 1. The molecule has 0 saturated heterocycles. The fraction of sp³-hybridized carbons (Fsp3) is 0.154. The van der Waals surface area contributed by atoms with Gasteiger partial charge in [-0.05, 0) is 17.7 Å². The summed E-state index contributed by atoms with van der Waals surface area (Å²) in [7, 11) is 0. The van der Waals surface area contributed by atoms with Crippen LogP contribution in [0.2, 0.25) is 0 Å². The second-order valence-electron chi connectivity index (χ2n) is 3.76. The van der Waals surface area contributed by atoms with Gasteiger partial charge in [0.05, 0.1) is 11.3 Å². The van der Waals surface area contributed by atoms with Gasteiger partial charge >= 0.3 is 6.18 Å². The van der Waals surface area contributed by atoms with Crippen LogP contribution < -0.4 is 0 Å². The summed E-state index contributed by atoms with van der Waals surface area (Å²) in [5.74, 6) is 0. The molecule has 0 aliphatic heterocycles. The molecule has 0 fully saturated rings. The van der Waals surface area contributed by atoms with Crippen LogP contribution in [0.3, 0.4) is 0 Å². The summed E-state index contributed by atoms with van der Waals surface area (Å²) in [4.78, 5) is 3.97. The number of alkyl halides is 4. The third kappa shape index (κ3) is 2.90. The molecule has 1 aromatic carbocycles. The lowest BCUT2D eigenvalue weighted by Gasteiger charge is -2.08. The second-order valence-corrected chi connectivity index (χ2v) is 4.32. The van der Waals surface area contributed by atoms with E-state index in [4.69, 9.17) is 0 Å². The number of hydrogen-bond donors (Lipinski definition) is 0. The highest BCUT2D eigenvalue weighted by Crippen LogP contribution is 2.31. The number of hydrogen-bond acceptors (Lipinski definition) is 1. The monoisotopic (exact) mass is 315 g/mol. The zero-order chi connectivity index (χ0) is 13.2. The molecule has 18 heavy (non-hydrogen) atoms. The SMILES string of the molecule is FC(F)(F)c1ccnc(-c2ccc(CBr)cc2)c1. The van der Waals surface area contributed by atoms with Crippen LogP contribution in [0.15, 0.2) is 42.6 Å². The van der Waals surface area contributed by atoms with Crippen molar-refractivity contribution in [2.75, 3.05) is 0 Å². The van der Waals surface area contributed by atoms with Gasteiger partial charge in [-0.25, -0.2) is 0 Å². The van der Waals surface area contributed by atoms with E-state index in [1.807, 2.05) is 12.1 Å². The first-order chi connectivity index (χ1) is 8.50. The minimum Gasteiger partial charge on any atom is -0.256 e. The van der Waals surface area contributed by atoms with Crippen LogP contribution in [0.25, 0.3) is 11.3 Å². The predicted octanol–water partition coefficient (Wildman–Crippen LogP) is 4.66. The molecule has 5 heteroatoms. The molecule has 2 rings (SSSR count). The Kier molecular flexibility index (Phi) is 3.71. The van der Waals surface area contributed by atoms with E-state index in [-0.39, 0.29) is 0 Å². The summed E-state index contributed by atoms with van der Waals surface area (Å²) < 4.78 is 37.7. The van der Waals surface area contributed by atoms with Crippen LogP contribution in [0.5, 0.6) is 0 Å². The quantitative estimate of drug-likeness (QED) is 0.734. The number of pyridine rings is 1. The van der Waals surface area contributed by atoms with E-state index in [2.05, 4.69) is 20.9 Å². The van der Waals surface area contributed by atoms with E-state index in [0.717, 1.165) is 17.7 Å². The molecular formula is C13H9BrF3N. The Bertz CT molecular complexity index is 535. The highest BCUT2D eigenvalue weighted by atomic mass is 79.9. The zero-order valence-electron chi connectivity index (χ0n) is 9.21. The maximum Gasteiger partial charge on any atom is 0.416 e. The zero-order valence-corrected chi connectivity index (χ0v) is 10.8. The molecule has 1 aromatic heterocycles. The normalized spacial score (nSPS) is 11.6. The summed E-state index contributed by atoms with van der Waals surface area (Å²) in [6.45, 7) is 0. The molecular weight excluding hydrogens is 307 g/mol. The van der Waals surface area contributed by atoms with Crippen molar-refractivity contribution in [2.24, 2.45) is 0 Å². The minimum atomic E-state index is -4.34. The lowest BCUT2D eigenvalue weighted by molar-refractivity contribution is -0.137.